The standard InChI is InChI=1S/C45H72ClN3O16/c46-14-5-1-2-6-15-55-17-19-57-21-23-59-25-27-61-29-31-63-33-35-65-36-34-64-32-30-62-28-26-60-24-22-58-20-18-56-16-7-3-4-11-40(50)47-38-10-8-9-37-42(38)45(54)49(44(37)53)39-12-13-41(51)48-43(39)52/h8-10,39H,1-7,11-36H2,(H,47,50)(H,48,51,52). The van der Waals surface area contributed by atoms with Crippen molar-refractivity contribution in [2.75, 3.05) is 157 Å². The zero-order valence-corrected chi connectivity index (χ0v) is 38.8. The lowest BCUT2D eigenvalue weighted by molar-refractivity contribution is -0.136. The summed E-state index contributed by atoms with van der Waals surface area (Å²) in [6.45, 7) is 11.1. The first-order chi connectivity index (χ1) is 31.9. The molecule has 1 saturated heterocycles. The van der Waals surface area contributed by atoms with E-state index in [1.807, 2.05) is 0 Å². The smallest absolute Gasteiger partial charge is 0.264 e. The molecule has 2 aliphatic rings. The van der Waals surface area contributed by atoms with Gasteiger partial charge >= 0.3 is 0 Å². The van der Waals surface area contributed by atoms with E-state index < -0.39 is 29.7 Å². The van der Waals surface area contributed by atoms with Crippen LogP contribution in [0.3, 0.4) is 0 Å². The molecule has 0 aromatic heterocycles. The number of carbonyl (C=O) groups is 5. The molecule has 0 bridgehead atoms. The Hall–Kier alpha value is -3.18. The van der Waals surface area contributed by atoms with E-state index in [0.29, 0.717) is 145 Å². The lowest BCUT2D eigenvalue weighted by Gasteiger charge is -2.27. The molecule has 0 radical (unpaired) electrons. The van der Waals surface area contributed by atoms with Gasteiger partial charge in [0.05, 0.1) is 149 Å². The molecule has 2 aliphatic heterocycles. The monoisotopic (exact) mass is 945 g/mol. The van der Waals surface area contributed by atoms with E-state index in [0.717, 1.165) is 55.9 Å². The Kier molecular flexibility index (Phi) is 32.7. The number of alkyl halides is 1. The molecule has 5 amide bonds. The highest BCUT2D eigenvalue weighted by Gasteiger charge is 2.45. The number of fused-ring (bicyclic) bond motifs is 1. The van der Waals surface area contributed by atoms with Gasteiger partial charge in [-0.2, -0.15) is 0 Å². The number of hydrogen-bond acceptors (Lipinski definition) is 16. The van der Waals surface area contributed by atoms with Crippen LogP contribution in [0.2, 0.25) is 0 Å². The molecule has 19 nitrogen and oxygen atoms in total. The van der Waals surface area contributed by atoms with Gasteiger partial charge in [-0.25, -0.2) is 0 Å². The Labute approximate surface area is 388 Å². The first kappa shape index (κ1) is 56.1. The molecule has 0 saturated carbocycles. The van der Waals surface area contributed by atoms with E-state index in [4.69, 9.17) is 63.7 Å². The second kappa shape index (κ2) is 37.9. The molecule has 0 aliphatic carbocycles. The van der Waals surface area contributed by atoms with Crippen molar-refractivity contribution in [3.05, 3.63) is 29.3 Å². The lowest BCUT2D eigenvalue weighted by Crippen LogP contribution is -2.54. The van der Waals surface area contributed by atoms with E-state index in [2.05, 4.69) is 10.6 Å². The SMILES string of the molecule is O=C1CCC(N2C(=O)c3cccc(NC(=O)CCCCCOCCOCCOCCOCCOCCOCCOCCOCCOCCOCCOCCCCCCCl)c3C2=O)C(=O)N1. The number of halogens is 1. The first-order valence-electron chi connectivity index (χ1n) is 23.0. The zero-order chi connectivity index (χ0) is 46.4. The Morgan fingerprint density at radius 1 is 0.538 bits per heavy atom. The zero-order valence-electron chi connectivity index (χ0n) is 38.0. The Morgan fingerprint density at radius 2 is 0.938 bits per heavy atom. The van der Waals surface area contributed by atoms with Gasteiger partial charge < -0.3 is 57.4 Å². The molecule has 0 spiro atoms. The maximum Gasteiger partial charge on any atom is 0.264 e. The summed E-state index contributed by atoms with van der Waals surface area (Å²) < 4.78 is 60.7. The van der Waals surface area contributed by atoms with Gasteiger partial charge in [-0.05, 0) is 44.2 Å². The van der Waals surface area contributed by atoms with Gasteiger partial charge in [-0.3, -0.25) is 34.2 Å². The van der Waals surface area contributed by atoms with Gasteiger partial charge in [0.25, 0.3) is 11.8 Å². The largest absolute Gasteiger partial charge is 0.379 e. The number of piperidine rings is 1. The summed E-state index contributed by atoms with van der Waals surface area (Å²) >= 11 is 5.66. The number of unbranched alkanes of at least 4 members (excludes halogenated alkanes) is 5. The first-order valence-corrected chi connectivity index (χ1v) is 23.5. The number of nitrogens with one attached hydrogen (secondary N) is 2. The highest BCUT2D eigenvalue weighted by atomic mass is 35.5. The summed E-state index contributed by atoms with van der Waals surface area (Å²) in [5.74, 6) is -1.99. The third-order valence-corrected chi connectivity index (χ3v) is 10.1. The predicted molar refractivity (Wildman–Crippen MR) is 238 cm³/mol. The number of nitrogens with zero attached hydrogens (tertiary/aromatic N) is 1. The van der Waals surface area contributed by atoms with E-state index >= 15 is 0 Å². The maximum atomic E-state index is 13.2. The van der Waals surface area contributed by atoms with Crippen LogP contribution in [0.1, 0.15) is 84.9 Å². The third-order valence-electron chi connectivity index (χ3n) is 9.83. The fraction of sp³-hybridized carbons (Fsp3) is 0.756. The van der Waals surface area contributed by atoms with Crippen molar-refractivity contribution in [1.82, 2.24) is 10.2 Å². The summed E-state index contributed by atoms with van der Waals surface area (Å²) in [5.41, 5.74) is 0.380. The van der Waals surface area contributed by atoms with Crippen molar-refractivity contribution < 1.29 is 76.1 Å². The molecule has 2 heterocycles. The lowest BCUT2D eigenvalue weighted by atomic mass is 10.0. The number of benzene rings is 1. The minimum absolute atomic E-state index is 0.0271. The van der Waals surface area contributed by atoms with Gasteiger partial charge in [0.15, 0.2) is 0 Å². The molecule has 20 heteroatoms. The van der Waals surface area contributed by atoms with E-state index in [1.54, 1.807) is 12.1 Å². The quantitative estimate of drug-likeness (QED) is 0.0544. The molecule has 1 atom stereocenters. The van der Waals surface area contributed by atoms with Crippen LogP contribution in [0.5, 0.6) is 0 Å². The molecule has 1 aromatic carbocycles. The average Bonchev–Trinajstić information content (AvgIpc) is 3.55. The topological polar surface area (TPSA) is 214 Å². The molecule has 65 heavy (non-hydrogen) atoms. The fourth-order valence-electron chi connectivity index (χ4n) is 6.45. The summed E-state index contributed by atoms with van der Waals surface area (Å²) in [6.07, 6.45) is 6.89. The van der Waals surface area contributed by atoms with Crippen LogP contribution in [0.25, 0.3) is 0 Å². The number of ether oxygens (including phenoxy) is 11. The Balaban J connectivity index is 0.971. The number of hydrogen-bond donors (Lipinski definition) is 2. The molecule has 1 aromatic rings. The van der Waals surface area contributed by atoms with Crippen LogP contribution in [-0.2, 0) is 66.5 Å². The van der Waals surface area contributed by atoms with Crippen molar-refractivity contribution in [2.24, 2.45) is 0 Å². The normalized spacial score (nSPS) is 15.0. The minimum Gasteiger partial charge on any atom is -0.379 e. The van der Waals surface area contributed by atoms with Crippen LogP contribution < -0.4 is 10.6 Å². The van der Waals surface area contributed by atoms with Crippen molar-refractivity contribution >= 4 is 46.8 Å². The van der Waals surface area contributed by atoms with Gasteiger partial charge in [0.1, 0.15) is 6.04 Å². The molecular formula is C45H72ClN3O16. The second-order valence-corrected chi connectivity index (χ2v) is 15.3. The van der Waals surface area contributed by atoms with E-state index in [1.165, 1.54) is 6.07 Å². The molecule has 370 valence electrons. The van der Waals surface area contributed by atoms with Crippen LogP contribution in [0.15, 0.2) is 18.2 Å². The van der Waals surface area contributed by atoms with Crippen molar-refractivity contribution in [1.29, 1.82) is 0 Å². The van der Waals surface area contributed by atoms with Crippen molar-refractivity contribution in [3.63, 3.8) is 0 Å². The van der Waals surface area contributed by atoms with Crippen LogP contribution in [-0.4, -0.2) is 192 Å². The summed E-state index contributed by atoms with van der Waals surface area (Å²) in [4.78, 5) is 63.6. The summed E-state index contributed by atoms with van der Waals surface area (Å²) in [6, 6.07) is 3.53. The van der Waals surface area contributed by atoms with E-state index in [9.17, 15) is 24.0 Å². The number of carbonyl (C=O) groups excluding carboxylic acids is 5. The predicted octanol–water partition coefficient (Wildman–Crippen LogP) is 3.57. The summed E-state index contributed by atoms with van der Waals surface area (Å²) in [7, 11) is 0. The maximum absolute atomic E-state index is 13.2. The molecule has 1 fully saturated rings. The van der Waals surface area contributed by atoms with Gasteiger partial charge in [0, 0.05) is 31.9 Å². The summed E-state index contributed by atoms with van der Waals surface area (Å²) in [5, 5.41) is 4.91. The van der Waals surface area contributed by atoms with Gasteiger partial charge in [-0.1, -0.05) is 25.3 Å². The molecule has 2 N–H and O–H groups in total. The molecule has 3 rings (SSSR count). The number of rotatable bonds is 44. The van der Waals surface area contributed by atoms with Crippen molar-refractivity contribution in [2.45, 2.75) is 70.3 Å². The molecular weight excluding hydrogens is 874 g/mol. The number of amides is 5. The molecule has 1 unspecified atom stereocenters. The third kappa shape index (κ3) is 25.5. The number of anilines is 1. The second-order valence-electron chi connectivity index (χ2n) is 14.9. The highest BCUT2D eigenvalue weighted by molar-refractivity contribution is 6.26. The van der Waals surface area contributed by atoms with Crippen LogP contribution in [0.4, 0.5) is 5.69 Å². The average molecular weight is 947 g/mol. The van der Waals surface area contributed by atoms with E-state index in [-0.39, 0.29) is 42.0 Å². The van der Waals surface area contributed by atoms with Crippen molar-refractivity contribution in [3.8, 4) is 0 Å². The van der Waals surface area contributed by atoms with Crippen LogP contribution in [0, 0.1) is 0 Å². The number of imide groups is 2. The Bertz CT molecular complexity index is 1480. The van der Waals surface area contributed by atoms with Gasteiger partial charge in [-0.15, -0.1) is 11.6 Å². The van der Waals surface area contributed by atoms with Gasteiger partial charge in [0.2, 0.25) is 17.7 Å². The van der Waals surface area contributed by atoms with Crippen LogP contribution >= 0.6 is 11.6 Å². The highest BCUT2D eigenvalue weighted by Crippen LogP contribution is 2.32. The fourth-order valence-corrected chi connectivity index (χ4v) is 6.64. The Morgan fingerprint density at radius 3 is 1.35 bits per heavy atom. The minimum atomic E-state index is -1.08.